The highest BCUT2D eigenvalue weighted by Gasteiger charge is 2.48. The second-order valence-electron chi connectivity index (χ2n) is 6.30. The third-order valence-corrected chi connectivity index (χ3v) is 4.65. The average molecular weight is 253 g/mol. The van der Waals surface area contributed by atoms with E-state index in [1.54, 1.807) is 0 Å². The van der Waals surface area contributed by atoms with Crippen LogP contribution in [-0.2, 0) is 9.53 Å². The largest absolute Gasteiger partial charge is 0.465 e. The molecule has 1 N–H and O–H groups in total. The second-order valence-corrected chi connectivity index (χ2v) is 6.30. The molecule has 18 heavy (non-hydrogen) atoms. The van der Waals surface area contributed by atoms with Gasteiger partial charge in [0.25, 0.3) is 0 Å². The topological polar surface area (TPSA) is 38.3 Å². The Hall–Kier alpha value is -0.570. The summed E-state index contributed by atoms with van der Waals surface area (Å²) in [6, 6.07) is 0. The number of hydrogen-bond donors (Lipinski definition) is 1. The first kappa shape index (κ1) is 13.9. The van der Waals surface area contributed by atoms with Crippen molar-refractivity contribution in [1.82, 2.24) is 5.32 Å². The fraction of sp³-hybridized carbons (Fsp3) is 0.933. The maximum atomic E-state index is 12.4. The fourth-order valence-electron chi connectivity index (χ4n) is 3.15. The van der Waals surface area contributed by atoms with Gasteiger partial charge in [-0.1, -0.05) is 20.3 Å². The van der Waals surface area contributed by atoms with Gasteiger partial charge in [0.05, 0.1) is 6.61 Å². The molecule has 2 saturated carbocycles. The van der Waals surface area contributed by atoms with Crippen molar-refractivity contribution in [2.45, 2.75) is 58.4 Å². The molecule has 0 radical (unpaired) electrons. The third kappa shape index (κ3) is 2.87. The summed E-state index contributed by atoms with van der Waals surface area (Å²) in [7, 11) is 0. The van der Waals surface area contributed by atoms with E-state index in [9.17, 15) is 4.79 Å². The van der Waals surface area contributed by atoms with Crippen molar-refractivity contribution in [3.05, 3.63) is 0 Å². The summed E-state index contributed by atoms with van der Waals surface area (Å²) < 4.78 is 5.35. The molecule has 3 heteroatoms. The van der Waals surface area contributed by atoms with Gasteiger partial charge in [0.2, 0.25) is 0 Å². The summed E-state index contributed by atoms with van der Waals surface area (Å²) in [5, 5.41) is 3.59. The highest BCUT2D eigenvalue weighted by Crippen LogP contribution is 2.39. The van der Waals surface area contributed by atoms with Gasteiger partial charge in [-0.3, -0.25) is 4.79 Å². The zero-order chi connectivity index (χ0) is 13.2. The van der Waals surface area contributed by atoms with Gasteiger partial charge >= 0.3 is 5.97 Å². The minimum atomic E-state index is -0.420. The van der Waals surface area contributed by atoms with Crippen LogP contribution in [0.25, 0.3) is 0 Å². The maximum Gasteiger partial charge on any atom is 0.326 e. The first-order valence-corrected chi connectivity index (χ1v) is 7.50. The number of hydrogen-bond acceptors (Lipinski definition) is 3. The van der Waals surface area contributed by atoms with Crippen molar-refractivity contribution in [2.75, 3.05) is 13.2 Å². The molecule has 0 spiro atoms. The minimum Gasteiger partial charge on any atom is -0.465 e. The number of nitrogens with one attached hydrogen (secondary N) is 1. The summed E-state index contributed by atoms with van der Waals surface area (Å²) in [6.45, 7) is 7.80. The minimum absolute atomic E-state index is 0.0234. The van der Waals surface area contributed by atoms with Crippen molar-refractivity contribution in [3.8, 4) is 0 Å². The van der Waals surface area contributed by atoms with E-state index in [2.05, 4.69) is 19.2 Å². The van der Waals surface area contributed by atoms with Crippen molar-refractivity contribution in [1.29, 1.82) is 0 Å². The monoisotopic (exact) mass is 253 g/mol. The first-order valence-electron chi connectivity index (χ1n) is 7.50. The molecule has 2 aliphatic rings. The van der Waals surface area contributed by atoms with E-state index in [0.29, 0.717) is 18.4 Å². The molecule has 3 unspecified atom stereocenters. The smallest absolute Gasteiger partial charge is 0.326 e. The Bertz CT molecular complexity index is 301. The van der Waals surface area contributed by atoms with E-state index in [0.717, 1.165) is 25.3 Å². The van der Waals surface area contributed by atoms with Gasteiger partial charge in [-0.15, -0.1) is 0 Å². The predicted molar refractivity (Wildman–Crippen MR) is 72.3 cm³/mol. The predicted octanol–water partition coefficient (Wildman–Crippen LogP) is 2.74. The average Bonchev–Trinajstić information content (AvgIpc) is 3.15. The van der Waals surface area contributed by atoms with Gasteiger partial charge in [0.1, 0.15) is 5.54 Å². The van der Waals surface area contributed by atoms with Crippen molar-refractivity contribution in [2.24, 2.45) is 17.8 Å². The molecule has 104 valence electrons. The van der Waals surface area contributed by atoms with E-state index in [1.807, 2.05) is 6.92 Å². The second kappa shape index (κ2) is 5.60. The number of carbonyl (C=O) groups is 1. The molecule has 0 saturated heterocycles. The summed E-state index contributed by atoms with van der Waals surface area (Å²) in [6.07, 6.45) is 5.91. The standard InChI is InChI=1S/C15H27NO2/c1-4-18-14(17)15(16-10-13-7-8-13)9-11(2)5-6-12(15)3/h11-13,16H,4-10H2,1-3H3. The molecular formula is C15H27NO2. The van der Waals surface area contributed by atoms with Gasteiger partial charge in [-0.25, -0.2) is 0 Å². The number of esters is 1. The molecule has 2 rings (SSSR count). The van der Waals surface area contributed by atoms with Crippen molar-refractivity contribution < 1.29 is 9.53 Å². The van der Waals surface area contributed by atoms with Crippen LogP contribution < -0.4 is 5.32 Å². The molecule has 0 bridgehead atoms. The van der Waals surface area contributed by atoms with Gasteiger partial charge in [0, 0.05) is 0 Å². The maximum absolute atomic E-state index is 12.4. The lowest BCUT2D eigenvalue weighted by molar-refractivity contribution is -0.156. The van der Waals surface area contributed by atoms with Crippen molar-refractivity contribution >= 4 is 5.97 Å². The lowest BCUT2D eigenvalue weighted by Crippen LogP contribution is -2.60. The summed E-state index contributed by atoms with van der Waals surface area (Å²) in [5.74, 6) is 1.76. The van der Waals surface area contributed by atoms with Crippen LogP contribution in [0.15, 0.2) is 0 Å². The Labute approximate surface area is 111 Å². The molecule has 2 fully saturated rings. The van der Waals surface area contributed by atoms with Crippen LogP contribution in [0, 0.1) is 17.8 Å². The Morgan fingerprint density at radius 3 is 2.61 bits per heavy atom. The molecule has 0 aromatic rings. The third-order valence-electron chi connectivity index (χ3n) is 4.65. The highest BCUT2D eigenvalue weighted by atomic mass is 16.5. The lowest BCUT2D eigenvalue weighted by atomic mass is 9.69. The Morgan fingerprint density at radius 1 is 1.28 bits per heavy atom. The lowest BCUT2D eigenvalue weighted by Gasteiger charge is -2.43. The van der Waals surface area contributed by atoms with E-state index < -0.39 is 5.54 Å². The summed E-state index contributed by atoms with van der Waals surface area (Å²) >= 11 is 0. The first-order chi connectivity index (χ1) is 8.58. The van der Waals surface area contributed by atoms with Crippen LogP contribution in [0.2, 0.25) is 0 Å². The molecule has 0 aromatic heterocycles. The molecule has 0 aromatic carbocycles. The van der Waals surface area contributed by atoms with Crippen LogP contribution in [0.4, 0.5) is 0 Å². The van der Waals surface area contributed by atoms with Crippen LogP contribution in [0.3, 0.4) is 0 Å². The molecule has 0 heterocycles. The molecule has 3 nitrogen and oxygen atoms in total. The quantitative estimate of drug-likeness (QED) is 0.766. The van der Waals surface area contributed by atoms with Crippen LogP contribution >= 0.6 is 0 Å². The van der Waals surface area contributed by atoms with Crippen LogP contribution in [-0.4, -0.2) is 24.7 Å². The number of rotatable bonds is 5. The Kier molecular flexibility index (Phi) is 4.31. The Balaban J connectivity index is 2.09. The van der Waals surface area contributed by atoms with E-state index >= 15 is 0 Å². The molecule has 0 aliphatic heterocycles. The zero-order valence-electron chi connectivity index (χ0n) is 12.0. The van der Waals surface area contributed by atoms with Crippen LogP contribution in [0.1, 0.15) is 52.9 Å². The van der Waals surface area contributed by atoms with E-state index in [-0.39, 0.29) is 5.97 Å². The fourth-order valence-corrected chi connectivity index (χ4v) is 3.15. The van der Waals surface area contributed by atoms with Crippen molar-refractivity contribution in [3.63, 3.8) is 0 Å². The summed E-state index contributed by atoms with van der Waals surface area (Å²) in [5.41, 5.74) is -0.420. The number of carbonyl (C=O) groups excluding carboxylic acids is 1. The molecular weight excluding hydrogens is 226 g/mol. The Morgan fingerprint density at radius 2 is 2.00 bits per heavy atom. The zero-order valence-corrected chi connectivity index (χ0v) is 12.0. The van der Waals surface area contributed by atoms with E-state index in [1.165, 1.54) is 19.3 Å². The number of ether oxygens (including phenoxy) is 1. The molecule has 0 amide bonds. The van der Waals surface area contributed by atoms with E-state index in [4.69, 9.17) is 4.74 Å². The van der Waals surface area contributed by atoms with Gasteiger partial charge in [0.15, 0.2) is 0 Å². The van der Waals surface area contributed by atoms with Crippen LogP contribution in [0.5, 0.6) is 0 Å². The SMILES string of the molecule is CCOC(=O)C1(NCC2CC2)CC(C)CCC1C. The van der Waals surface area contributed by atoms with Gasteiger partial charge in [-0.05, 0) is 56.9 Å². The highest BCUT2D eigenvalue weighted by molar-refractivity contribution is 5.81. The van der Waals surface area contributed by atoms with Gasteiger partial charge in [-0.2, -0.15) is 0 Å². The molecule has 3 atom stereocenters. The molecule has 2 aliphatic carbocycles. The van der Waals surface area contributed by atoms with Gasteiger partial charge < -0.3 is 10.1 Å². The normalized spacial score (nSPS) is 36.4. The summed E-state index contributed by atoms with van der Waals surface area (Å²) in [4.78, 5) is 12.4.